The van der Waals surface area contributed by atoms with Crippen LogP contribution in [0.5, 0.6) is 5.75 Å². The fourth-order valence-corrected chi connectivity index (χ4v) is 8.34. The van der Waals surface area contributed by atoms with Crippen molar-refractivity contribution in [1.29, 1.82) is 0 Å². The highest BCUT2D eigenvalue weighted by molar-refractivity contribution is 7.89. The molecule has 1 saturated heterocycles. The molecule has 0 unspecified atom stereocenters. The molecule has 0 spiro atoms. The van der Waals surface area contributed by atoms with Gasteiger partial charge in [0.1, 0.15) is 5.75 Å². The van der Waals surface area contributed by atoms with Gasteiger partial charge >= 0.3 is 0 Å². The summed E-state index contributed by atoms with van der Waals surface area (Å²) in [6, 6.07) is 6.32. The SMILES string of the molecule is COc1ccc(S(=O)(=O)N2CCN(C(=O)CNC(=O)C34CC5CC(CC(C5)C3)C4)CC2)cc1. The standard InChI is InChI=1S/C24H33N3O5S/c1-32-20-2-4-21(5-3-20)33(30,31)27-8-6-26(7-9-27)22(28)16-25-23(29)24-13-17-10-18(14-24)12-19(11-17)15-24/h2-5,17-19H,6-16H2,1H3,(H,25,29). The highest BCUT2D eigenvalue weighted by Crippen LogP contribution is 2.60. The second-order valence-corrected chi connectivity index (χ2v) is 12.3. The van der Waals surface area contributed by atoms with Gasteiger partial charge in [-0.3, -0.25) is 9.59 Å². The van der Waals surface area contributed by atoms with Crippen LogP contribution in [0.15, 0.2) is 29.2 Å². The van der Waals surface area contributed by atoms with Crippen molar-refractivity contribution < 1.29 is 22.7 Å². The number of nitrogens with one attached hydrogen (secondary N) is 1. The van der Waals surface area contributed by atoms with Gasteiger partial charge in [-0.05, 0) is 80.5 Å². The summed E-state index contributed by atoms with van der Waals surface area (Å²) in [4.78, 5) is 27.7. The summed E-state index contributed by atoms with van der Waals surface area (Å²) in [6.07, 6.45) is 6.74. The van der Waals surface area contributed by atoms with Gasteiger partial charge in [-0.1, -0.05) is 0 Å². The van der Waals surface area contributed by atoms with Crippen LogP contribution in [-0.2, 0) is 19.6 Å². The van der Waals surface area contributed by atoms with E-state index in [1.54, 1.807) is 17.0 Å². The van der Waals surface area contributed by atoms with Crippen LogP contribution >= 0.6 is 0 Å². The number of rotatable bonds is 6. The lowest BCUT2D eigenvalue weighted by Crippen LogP contribution is -2.56. The van der Waals surface area contributed by atoms with Crippen LogP contribution in [0.4, 0.5) is 0 Å². The third-order valence-corrected chi connectivity index (χ3v) is 10.1. The van der Waals surface area contributed by atoms with Crippen molar-refractivity contribution in [1.82, 2.24) is 14.5 Å². The van der Waals surface area contributed by atoms with Gasteiger partial charge in [0.15, 0.2) is 0 Å². The Morgan fingerprint density at radius 1 is 0.970 bits per heavy atom. The zero-order valence-corrected chi connectivity index (χ0v) is 20.0. The number of amides is 2. The van der Waals surface area contributed by atoms with Crippen molar-refractivity contribution in [2.24, 2.45) is 23.2 Å². The number of carbonyl (C=O) groups excluding carboxylic acids is 2. The molecular formula is C24H33N3O5S. The first-order valence-electron chi connectivity index (χ1n) is 12.0. The van der Waals surface area contributed by atoms with Gasteiger partial charge in [0.25, 0.3) is 0 Å². The monoisotopic (exact) mass is 475 g/mol. The van der Waals surface area contributed by atoms with E-state index in [-0.39, 0.29) is 41.8 Å². The Morgan fingerprint density at radius 3 is 2.03 bits per heavy atom. The van der Waals surface area contributed by atoms with Gasteiger partial charge in [-0.15, -0.1) is 0 Å². The predicted molar refractivity (Wildman–Crippen MR) is 122 cm³/mol. The van der Waals surface area contributed by atoms with Crippen molar-refractivity contribution in [3.63, 3.8) is 0 Å². The molecule has 8 nitrogen and oxygen atoms in total. The van der Waals surface area contributed by atoms with Crippen LogP contribution in [0.3, 0.4) is 0 Å². The molecule has 9 heteroatoms. The molecule has 5 aliphatic rings. The second kappa shape index (κ2) is 8.58. The summed E-state index contributed by atoms with van der Waals surface area (Å²) < 4.78 is 32.3. The van der Waals surface area contributed by atoms with Gasteiger partial charge in [0.2, 0.25) is 21.8 Å². The summed E-state index contributed by atoms with van der Waals surface area (Å²) >= 11 is 0. The number of hydrogen-bond acceptors (Lipinski definition) is 5. The maximum atomic E-state index is 13.1. The average Bonchev–Trinajstić information content (AvgIpc) is 2.81. The lowest BCUT2D eigenvalue weighted by Gasteiger charge is -2.55. The summed E-state index contributed by atoms with van der Waals surface area (Å²) in [6.45, 7) is 1.11. The van der Waals surface area contributed by atoms with E-state index in [1.807, 2.05) is 0 Å². The number of piperazine rings is 1. The lowest BCUT2D eigenvalue weighted by atomic mass is 9.49. The Labute approximate surface area is 195 Å². The lowest BCUT2D eigenvalue weighted by molar-refractivity contribution is -0.148. The molecule has 2 amide bonds. The van der Waals surface area contributed by atoms with E-state index in [1.165, 1.54) is 42.8 Å². The Kier molecular flexibility index (Phi) is 5.89. The molecule has 0 radical (unpaired) electrons. The van der Waals surface area contributed by atoms with Crippen molar-refractivity contribution in [3.05, 3.63) is 24.3 Å². The van der Waals surface area contributed by atoms with E-state index >= 15 is 0 Å². The van der Waals surface area contributed by atoms with Gasteiger partial charge in [0, 0.05) is 31.6 Å². The Balaban J connectivity index is 1.13. The van der Waals surface area contributed by atoms with E-state index in [0.29, 0.717) is 36.6 Å². The maximum absolute atomic E-state index is 13.1. The highest BCUT2D eigenvalue weighted by Gasteiger charge is 2.54. The molecule has 4 saturated carbocycles. The summed E-state index contributed by atoms with van der Waals surface area (Å²) in [5.74, 6) is 2.54. The van der Waals surface area contributed by atoms with Crippen LogP contribution in [0.2, 0.25) is 0 Å². The molecule has 1 aromatic rings. The smallest absolute Gasteiger partial charge is 0.243 e. The van der Waals surface area contributed by atoms with Crippen LogP contribution in [0.25, 0.3) is 0 Å². The average molecular weight is 476 g/mol. The first kappa shape index (κ1) is 22.7. The summed E-state index contributed by atoms with van der Waals surface area (Å²) in [7, 11) is -2.08. The minimum atomic E-state index is -3.62. The topological polar surface area (TPSA) is 96.0 Å². The van der Waals surface area contributed by atoms with E-state index in [9.17, 15) is 18.0 Å². The molecule has 1 heterocycles. The van der Waals surface area contributed by atoms with Crippen LogP contribution in [0, 0.1) is 23.2 Å². The molecule has 4 aliphatic carbocycles. The summed E-state index contributed by atoms with van der Waals surface area (Å²) in [5, 5.41) is 2.94. The minimum absolute atomic E-state index is 0.00812. The molecule has 4 bridgehead atoms. The number of sulfonamides is 1. The number of benzene rings is 1. The second-order valence-electron chi connectivity index (χ2n) is 10.3. The zero-order valence-electron chi connectivity index (χ0n) is 19.2. The molecular weight excluding hydrogens is 442 g/mol. The fraction of sp³-hybridized carbons (Fsp3) is 0.667. The molecule has 1 aromatic carbocycles. The number of carbonyl (C=O) groups is 2. The first-order valence-corrected chi connectivity index (χ1v) is 13.4. The molecule has 1 aliphatic heterocycles. The van der Waals surface area contributed by atoms with Gasteiger partial charge in [-0.25, -0.2) is 8.42 Å². The molecule has 0 aromatic heterocycles. The van der Waals surface area contributed by atoms with E-state index in [0.717, 1.165) is 19.3 Å². The van der Waals surface area contributed by atoms with Crippen LogP contribution < -0.4 is 10.1 Å². The third kappa shape index (κ3) is 4.25. The molecule has 33 heavy (non-hydrogen) atoms. The predicted octanol–water partition coefficient (Wildman–Crippen LogP) is 1.86. The van der Waals surface area contributed by atoms with Gasteiger partial charge < -0.3 is 15.0 Å². The Bertz CT molecular complexity index is 980. The number of ether oxygens (including phenoxy) is 1. The molecule has 5 fully saturated rings. The van der Waals surface area contributed by atoms with Crippen molar-refractivity contribution in [3.8, 4) is 5.75 Å². The van der Waals surface area contributed by atoms with E-state index < -0.39 is 10.0 Å². The Morgan fingerprint density at radius 2 is 1.52 bits per heavy atom. The van der Waals surface area contributed by atoms with Crippen molar-refractivity contribution >= 4 is 21.8 Å². The Hall–Kier alpha value is -2.13. The summed E-state index contributed by atoms with van der Waals surface area (Å²) in [5.41, 5.74) is -0.264. The quantitative estimate of drug-likeness (QED) is 0.678. The molecule has 180 valence electrons. The number of nitrogens with zero attached hydrogens (tertiary/aromatic N) is 2. The normalized spacial score (nSPS) is 31.4. The van der Waals surface area contributed by atoms with Crippen molar-refractivity contribution in [2.45, 2.75) is 43.4 Å². The van der Waals surface area contributed by atoms with E-state index in [2.05, 4.69) is 5.32 Å². The number of hydrogen-bond donors (Lipinski definition) is 1. The van der Waals surface area contributed by atoms with Gasteiger partial charge in [-0.2, -0.15) is 4.31 Å². The minimum Gasteiger partial charge on any atom is -0.497 e. The van der Waals surface area contributed by atoms with Gasteiger partial charge in [0.05, 0.1) is 18.6 Å². The maximum Gasteiger partial charge on any atom is 0.243 e. The van der Waals surface area contributed by atoms with Crippen LogP contribution in [0.1, 0.15) is 38.5 Å². The highest BCUT2D eigenvalue weighted by atomic mass is 32.2. The van der Waals surface area contributed by atoms with Crippen LogP contribution in [-0.4, -0.2) is 69.3 Å². The third-order valence-electron chi connectivity index (χ3n) is 8.21. The molecule has 1 N–H and O–H groups in total. The molecule has 6 rings (SSSR count). The molecule has 0 atom stereocenters. The number of methoxy groups -OCH3 is 1. The zero-order chi connectivity index (χ0) is 23.2. The largest absolute Gasteiger partial charge is 0.497 e. The fourth-order valence-electron chi connectivity index (χ4n) is 6.92. The van der Waals surface area contributed by atoms with Crippen molar-refractivity contribution in [2.75, 3.05) is 39.8 Å². The van der Waals surface area contributed by atoms with E-state index in [4.69, 9.17) is 4.74 Å². The first-order chi connectivity index (χ1) is 15.8.